The maximum absolute atomic E-state index is 12.4. The lowest BCUT2D eigenvalue weighted by molar-refractivity contribution is -0.166. The van der Waals surface area contributed by atoms with Crippen LogP contribution in [0.5, 0.6) is 5.75 Å². The summed E-state index contributed by atoms with van der Waals surface area (Å²) in [4.78, 5) is 25.3. The van der Waals surface area contributed by atoms with Crippen LogP contribution in [0, 0.1) is 11.8 Å². The summed E-state index contributed by atoms with van der Waals surface area (Å²) in [7, 11) is 0. The lowest BCUT2D eigenvalue weighted by atomic mass is 9.66. The zero-order valence-electron chi connectivity index (χ0n) is 13.3. The lowest BCUT2D eigenvalue weighted by Crippen LogP contribution is -2.65. The number of phenolic OH excluding ortho intramolecular Hbond substituents is 1. The Morgan fingerprint density at radius 2 is 1.85 bits per heavy atom. The third-order valence-electron chi connectivity index (χ3n) is 4.81. The molecular formula is C16H15Cl2F3N2O3. The van der Waals surface area contributed by atoms with Crippen molar-refractivity contribution in [3.8, 4) is 5.75 Å². The Kier molecular flexibility index (Phi) is 5.00. The van der Waals surface area contributed by atoms with Crippen molar-refractivity contribution in [1.29, 1.82) is 0 Å². The highest BCUT2D eigenvalue weighted by molar-refractivity contribution is 6.36. The molecule has 10 heteroatoms. The van der Waals surface area contributed by atoms with Crippen LogP contribution in [0.3, 0.4) is 0 Å². The molecule has 2 amide bonds. The molecule has 1 aromatic rings. The van der Waals surface area contributed by atoms with Gasteiger partial charge in [0.2, 0.25) is 5.91 Å². The normalized spacial score (nSPS) is 24.8. The maximum atomic E-state index is 12.4. The van der Waals surface area contributed by atoms with E-state index in [1.165, 1.54) is 17.0 Å². The topological polar surface area (TPSA) is 69.6 Å². The van der Waals surface area contributed by atoms with Gasteiger partial charge in [-0.2, -0.15) is 13.2 Å². The van der Waals surface area contributed by atoms with Crippen LogP contribution in [0.15, 0.2) is 12.1 Å². The summed E-state index contributed by atoms with van der Waals surface area (Å²) in [5.74, 6) is -2.14. The second-order valence-corrected chi connectivity index (χ2v) is 7.47. The van der Waals surface area contributed by atoms with E-state index in [1.807, 2.05) is 0 Å². The van der Waals surface area contributed by atoms with Crippen LogP contribution < -0.4 is 5.32 Å². The number of likely N-dealkylation sites (tertiary alicyclic amines) is 1. The third kappa shape index (κ3) is 3.86. The second kappa shape index (κ2) is 6.81. The predicted octanol–water partition coefficient (Wildman–Crippen LogP) is 3.23. The Morgan fingerprint density at radius 3 is 2.42 bits per heavy atom. The van der Waals surface area contributed by atoms with Crippen LogP contribution in [0.4, 0.5) is 13.2 Å². The SMILES string of the molecule is O=C(NC1C2CC1CN(C(=O)CC(F)(F)F)C2)c1cc(Cl)cc(Cl)c1O. The number of nitrogens with zero attached hydrogens (tertiary/aromatic N) is 1. The first-order chi connectivity index (χ1) is 12.0. The quantitative estimate of drug-likeness (QED) is 0.803. The minimum atomic E-state index is -4.53. The minimum Gasteiger partial charge on any atom is -0.506 e. The van der Waals surface area contributed by atoms with Crippen molar-refractivity contribution in [3.63, 3.8) is 0 Å². The molecule has 1 aliphatic heterocycles. The number of carbonyl (C=O) groups is 2. The van der Waals surface area contributed by atoms with Gasteiger partial charge >= 0.3 is 6.18 Å². The Balaban J connectivity index is 1.63. The fourth-order valence-corrected chi connectivity index (χ4v) is 4.07. The smallest absolute Gasteiger partial charge is 0.397 e. The highest BCUT2D eigenvalue weighted by Gasteiger charge is 2.49. The van der Waals surface area contributed by atoms with Gasteiger partial charge in [0, 0.05) is 24.2 Å². The van der Waals surface area contributed by atoms with E-state index in [0.29, 0.717) is 0 Å². The van der Waals surface area contributed by atoms with Crippen molar-refractivity contribution in [2.24, 2.45) is 11.8 Å². The van der Waals surface area contributed by atoms with Crippen molar-refractivity contribution >= 4 is 35.0 Å². The molecule has 3 rings (SSSR count). The summed E-state index contributed by atoms with van der Waals surface area (Å²) in [6.45, 7) is 0.331. The largest absolute Gasteiger partial charge is 0.506 e. The fraction of sp³-hybridized carbons (Fsp3) is 0.500. The molecule has 26 heavy (non-hydrogen) atoms. The number of amides is 2. The average Bonchev–Trinajstić information content (AvgIpc) is 2.54. The van der Waals surface area contributed by atoms with Crippen molar-refractivity contribution < 1.29 is 27.9 Å². The summed E-state index contributed by atoms with van der Waals surface area (Å²) in [5, 5.41) is 12.8. The van der Waals surface area contributed by atoms with E-state index in [2.05, 4.69) is 5.32 Å². The molecule has 1 heterocycles. The molecule has 1 aliphatic carbocycles. The molecule has 1 aromatic carbocycles. The van der Waals surface area contributed by atoms with Crippen molar-refractivity contribution in [2.75, 3.05) is 13.1 Å². The zero-order chi connectivity index (χ0) is 19.2. The van der Waals surface area contributed by atoms with Gasteiger partial charge in [0.15, 0.2) is 0 Å². The standard InChI is InChI=1S/C16H15Cl2F3N2O3/c17-9-2-10(14(25)11(18)3-9)15(26)22-13-7-1-8(13)6-23(5-7)12(24)4-16(19,20)21/h2-3,7-8,13,25H,1,4-6H2,(H,22,26). The van der Waals surface area contributed by atoms with Gasteiger partial charge in [-0.15, -0.1) is 0 Å². The Bertz CT molecular complexity index is 745. The van der Waals surface area contributed by atoms with Crippen LogP contribution in [0.25, 0.3) is 0 Å². The second-order valence-electron chi connectivity index (χ2n) is 6.63. The molecule has 2 fully saturated rings. The monoisotopic (exact) mass is 410 g/mol. The highest BCUT2D eigenvalue weighted by atomic mass is 35.5. The van der Waals surface area contributed by atoms with Gasteiger partial charge in [-0.1, -0.05) is 23.2 Å². The van der Waals surface area contributed by atoms with E-state index < -0.39 is 24.4 Å². The number of hydrogen-bond acceptors (Lipinski definition) is 3. The van der Waals surface area contributed by atoms with Gasteiger partial charge in [-0.25, -0.2) is 0 Å². The molecule has 0 radical (unpaired) electrons. The van der Waals surface area contributed by atoms with Gasteiger partial charge in [0.05, 0.1) is 10.6 Å². The summed E-state index contributed by atoms with van der Waals surface area (Å²) in [6, 6.07) is 2.32. The number of hydrogen-bond donors (Lipinski definition) is 2. The molecule has 2 atom stereocenters. The summed E-state index contributed by atoms with van der Waals surface area (Å²) in [5.41, 5.74) is -0.0718. The van der Waals surface area contributed by atoms with Gasteiger partial charge < -0.3 is 15.3 Å². The number of aromatic hydroxyl groups is 1. The number of fused-ring (bicyclic) bond motifs is 2. The molecule has 1 saturated carbocycles. The van der Waals surface area contributed by atoms with Gasteiger partial charge in [-0.3, -0.25) is 9.59 Å². The molecule has 2 aliphatic rings. The van der Waals surface area contributed by atoms with Gasteiger partial charge in [0.1, 0.15) is 12.2 Å². The molecular weight excluding hydrogens is 396 g/mol. The molecule has 2 unspecified atom stereocenters. The van der Waals surface area contributed by atoms with E-state index in [4.69, 9.17) is 23.2 Å². The average molecular weight is 411 g/mol. The molecule has 0 aromatic heterocycles. The minimum absolute atomic E-state index is 0.0552. The first-order valence-corrected chi connectivity index (χ1v) is 8.64. The predicted molar refractivity (Wildman–Crippen MR) is 88.2 cm³/mol. The number of halogens is 5. The number of carbonyl (C=O) groups excluding carboxylic acids is 2. The fourth-order valence-electron chi connectivity index (χ4n) is 3.58. The van der Waals surface area contributed by atoms with E-state index in [9.17, 15) is 27.9 Å². The maximum Gasteiger partial charge on any atom is 0.397 e. The van der Waals surface area contributed by atoms with Crippen LogP contribution >= 0.6 is 23.2 Å². The number of benzene rings is 1. The summed E-state index contributed by atoms with van der Waals surface area (Å²) in [6.07, 6.45) is -5.28. The first-order valence-electron chi connectivity index (χ1n) is 7.88. The van der Waals surface area contributed by atoms with Gasteiger partial charge in [-0.05, 0) is 30.4 Å². The van der Waals surface area contributed by atoms with Crippen LogP contribution in [0.1, 0.15) is 23.2 Å². The van der Waals surface area contributed by atoms with E-state index >= 15 is 0 Å². The van der Waals surface area contributed by atoms with Crippen LogP contribution in [-0.2, 0) is 4.79 Å². The van der Waals surface area contributed by atoms with E-state index in [1.54, 1.807) is 0 Å². The van der Waals surface area contributed by atoms with Crippen molar-refractivity contribution in [1.82, 2.24) is 10.2 Å². The number of piperidine rings is 2. The molecule has 2 bridgehead atoms. The number of alkyl halides is 3. The van der Waals surface area contributed by atoms with E-state index in [-0.39, 0.29) is 52.3 Å². The van der Waals surface area contributed by atoms with Crippen LogP contribution in [0.2, 0.25) is 10.0 Å². The molecule has 142 valence electrons. The van der Waals surface area contributed by atoms with Crippen molar-refractivity contribution in [2.45, 2.75) is 25.1 Å². The zero-order valence-corrected chi connectivity index (χ0v) is 14.8. The van der Waals surface area contributed by atoms with E-state index in [0.717, 1.165) is 6.42 Å². The van der Waals surface area contributed by atoms with Crippen LogP contribution in [-0.4, -0.2) is 47.1 Å². The number of nitrogens with one attached hydrogen (secondary N) is 1. The summed E-state index contributed by atoms with van der Waals surface area (Å²) >= 11 is 11.6. The molecule has 5 nitrogen and oxygen atoms in total. The molecule has 2 N–H and O–H groups in total. The number of phenols is 1. The van der Waals surface area contributed by atoms with Gasteiger partial charge in [0.25, 0.3) is 5.91 Å². The third-order valence-corrected chi connectivity index (χ3v) is 5.31. The Labute approximate surface area is 157 Å². The lowest BCUT2D eigenvalue weighted by Gasteiger charge is -2.53. The first kappa shape index (κ1) is 19.1. The Hall–Kier alpha value is -1.67. The highest BCUT2D eigenvalue weighted by Crippen LogP contribution is 2.41. The summed E-state index contributed by atoms with van der Waals surface area (Å²) < 4.78 is 37.1. The molecule has 0 spiro atoms. The number of rotatable bonds is 3. The molecule has 1 saturated heterocycles. The Morgan fingerprint density at radius 1 is 1.23 bits per heavy atom. The van der Waals surface area contributed by atoms with Crippen molar-refractivity contribution in [3.05, 3.63) is 27.7 Å².